The second-order valence-corrected chi connectivity index (χ2v) is 8.80. The van der Waals surface area contributed by atoms with Crippen LogP contribution in [0.25, 0.3) is 11.6 Å². The van der Waals surface area contributed by atoms with Crippen LogP contribution in [-0.2, 0) is 9.53 Å². The molecule has 1 fully saturated rings. The topological polar surface area (TPSA) is 119 Å². The number of benzene rings is 2. The van der Waals surface area contributed by atoms with Gasteiger partial charge in [0.2, 0.25) is 6.17 Å². The van der Waals surface area contributed by atoms with Crippen LogP contribution in [-0.4, -0.2) is 51.0 Å². The molecule has 0 aliphatic carbocycles. The molecule has 1 atom stereocenters. The van der Waals surface area contributed by atoms with Gasteiger partial charge in [-0.15, -0.1) is 5.10 Å². The van der Waals surface area contributed by atoms with Crippen LogP contribution in [0.4, 0.5) is 11.7 Å². The lowest BCUT2D eigenvalue weighted by atomic mass is 10.0. The van der Waals surface area contributed by atoms with Gasteiger partial charge in [-0.3, -0.25) is 9.48 Å². The van der Waals surface area contributed by atoms with Crippen LogP contribution in [0.3, 0.4) is 0 Å². The van der Waals surface area contributed by atoms with Crippen molar-refractivity contribution in [3.8, 4) is 11.6 Å². The summed E-state index contributed by atoms with van der Waals surface area (Å²) in [7, 11) is 0. The van der Waals surface area contributed by atoms with E-state index in [9.17, 15) is 4.79 Å². The summed E-state index contributed by atoms with van der Waals surface area (Å²) in [5.74, 6) is 0.00499. The number of carbonyl (C=O) groups excluding carboxylic acids is 1. The zero-order chi connectivity index (χ0) is 24.5. The smallest absolute Gasteiger partial charge is 0.317 e. The van der Waals surface area contributed by atoms with Crippen molar-refractivity contribution < 1.29 is 13.9 Å². The Morgan fingerprint density at radius 1 is 1.03 bits per heavy atom. The fourth-order valence-corrected chi connectivity index (χ4v) is 4.57. The van der Waals surface area contributed by atoms with E-state index in [1.54, 1.807) is 0 Å². The molecule has 4 aromatic rings. The Labute approximate surface area is 207 Å². The summed E-state index contributed by atoms with van der Waals surface area (Å²) < 4.78 is 13.4. The molecule has 0 saturated carbocycles. The second kappa shape index (κ2) is 9.38. The zero-order valence-corrected chi connectivity index (χ0v) is 19.7. The summed E-state index contributed by atoms with van der Waals surface area (Å²) in [5.41, 5.74) is 4.72. The molecule has 2 aliphatic rings. The summed E-state index contributed by atoms with van der Waals surface area (Å²) in [4.78, 5) is 17.9. The van der Waals surface area contributed by atoms with E-state index < -0.39 is 6.17 Å². The van der Waals surface area contributed by atoms with Gasteiger partial charge in [0, 0.05) is 24.3 Å². The maximum atomic E-state index is 13.1. The molecular formula is C26H25N7O3. The van der Waals surface area contributed by atoms with Crippen LogP contribution in [0.15, 0.2) is 70.1 Å². The van der Waals surface area contributed by atoms with Crippen molar-refractivity contribution >= 4 is 23.3 Å². The van der Waals surface area contributed by atoms with Crippen LogP contribution >= 0.6 is 0 Å². The number of nitrogens with zero attached hydrogens (tertiary/aromatic N) is 5. The average molecular weight is 484 g/mol. The third kappa shape index (κ3) is 4.27. The molecule has 0 unspecified atom stereocenters. The van der Waals surface area contributed by atoms with Crippen LogP contribution in [0.2, 0.25) is 0 Å². The van der Waals surface area contributed by atoms with Gasteiger partial charge in [-0.1, -0.05) is 53.6 Å². The molecule has 2 aromatic heterocycles. The number of fused-ring (bicyclic) bond motifs is 1. The van der Waals surface area contributed by atoms with Gasteiger partial charge in [-0.2, -0.15) is 5.10 Å². The number of benzodiazepines with no additional fused rings is 1. The van der Waals surface area contributed by atoms with Crippen molar-refractivity contribution in [2.24, 2.45) is 4.99 Å². The number of anilines is 2. The van der Waals surface area contributed by atoms with Crippen molar-refractivity contribution in [2.45, 2.75) is 32.0 Å². The summed E-state index contributed by atoms with van der Waals surface area (Å²) in [6.07, 6.45) is 0.767. The Kier molecular flexibility index (Phi) is 5.78. The molecule has 6 rings (SSSR count). The molecule has 0 radical (unpaired) electrons. The molecule has 1 saturated heterocycles. The molecule has 0 spiro atoms. The van der Waals surface area contributed by atoms with Crippen molar-refractivity contribution in [2.75, 3.05) is 23.8 Å². The number of para-hydroxylation sites is 1. The van der Waals surface area contributed by atoms with Crippen LogP contribution in [0.5, 0.6) is 0 Å². The van der Waals surface area contributed by atoms with E-state index in [-0.39, 0.29) is 18.0 Å². The fourth-order valence-electron chi connectivity index (χ4n) is 4.57. The van der Waals surface area contributed by atoms with E-state index in [1.165, 1.54) is 0 Å². The minimum Gasteiger partial charge on any atom is -0.402 e. The number of aryl methyl sites for hydroxylation is 1. The Balaban J connectivity index is 1.31. The van der Waals surface area contributed by atoms with E-state index in [2.05, 4.69) is 25.9 Å². The molecule has 2 aromatic carbocycles. The number of ether oxygens (including phenoxy) is 1. The highest BCUT2D eigenvalue weighted by atomic mass is 16.5. The summed E-state index contributed by atoms with van der Waals surface area (Å²) in [5, 5.41) is 19.0. The number of aliphatic imine (C=N–C) groups is 1. The van der Waals surface area contributed by atoms with Gasteiger partial charge in [0.05, 0.1) is 23.1 Å². The Morgan fingerprint density at radius 2 is 1.81 bits per heavy atom. The summed E-state index contributed by atoms with van der Waals surface area (Å²) in [6.45, 7) is 3.32. The van der Waals surface area contributed by atoms with E-state index >= 15 is 0 Å². The Bertz CT molecular complexity index is 1420. The van der Waals surface area contributed by atoms with E-state index in [0.717, 1.165) is 35.4 Å². The first kappa shape index (κ1) is 22.2. The predicted molar refractivity (Wildman–Crippen MR) is 134 cm³/mol. The molecule has 36 heavy (non-hydrogen) atoms. The average Bonchev–Trinajstić information content (AvgIpc) is 3.51. The minimum atomic E-state index is -0.969. The molecular weight excluding hydrogens is 458 g/mol. The van der Waals surface area contributed by atoms with Gasteiger partial charge in [0.1, 0.15) is 5.69 Å². The van der Waals surface area contributed by atoms with Gasteiger partial charge < -0.3 is 19.8 Å². The lowest BCUT2D eigenvalue weighted by Gasteiger charge is -2.23. The second-order valence-electron chi connectivity index (χ2n) is 8.80. The first-order chi connectivity index (χ1) is 17.7. The van der Waals surface area contributed by atoms with Crippen LogP contribution in [0.1, 0.15) is 35.7 Å². The van der Waals surface area contributed by atoms with E-state index in [4.69, 9.17) is 14.1 Å². The van der Waals surface area contributed by atoms with Gasteiger partial charge in [-0.25, -0.2) is 4.99 Å². The number of nitrogens with one attached hydrogen (secondary N) is 2. The zero-order valence-electron chi connectivity index (χ0n) is 19.7. The largest absolute Gasteiger partial charge is 0.402 e. The molecule has 4 heterocycles. The third-order valence-corrected chi connectivity index (χ3v) is 6.29. The quantitative estimate of drug-likeness (QED) is 0.443. The van der Waals surface area contributed by atoms with Gasteiger partial charge in [-0.05, 0) is 31.9 Å². The predicted octanol–water partition coefficient (Wildman–Crippen LogP) is 3.82. The number of hydrogen-bond acceptors (Lipinski definition) is 8. The highest BCUT2D eigenvalue weighted by Crippen LogP contribution is 2.29. The first-order valence-electron chi connectivity index (χ1n) is 11.9. The number of aromatic nitrogens is 4. The highest BCUT2D eigenvalue weighted by Gasteiger charge is 2.28. The fraction of sp³-hybridized carbons (Fsp3) is 0.269. The van der Waals surface area contributed by atoms with E-state index in [0.29, 0.717) is 30.5 Å². The first-order valence-corrected chi connectivity index (χ1v) is 11.9. The monoisotopic (exact) mass is 483 g/mol. The van der Waals surface area contributed by atoms with Crippen molar-refractivity contribution in [1.82, 2.24) is 20.0 Å². The minimum absolute atomic E-state index is 0.102. The van der Waals surface area contributed by atoms with Crippen molar-refractivity contribution in [1.29, 1.82) is 0 Å². The van der Waals surface area contributed by atoms with Crippen LogP contribution in [0, 0.1) is 6.92 Å². The number of hydrogen-bond donors (Lipinski definition) is 2. The summed E-state index contributed by atoms with van der Waals surface area (Å²) >= 11 is 0. The van der Waals surface area contributed by atoms with Crippen LogP contribution < -0.4 is 10.6 Å². The molecule has 2 aliphatic heterocycles. The van der Waals surface area contributed by atoms with Crippen molar-refractivity contribution in [3.63, 3.8) is 0 Å². The van der Waals surface area contributed by atoms with Gasteiger partial charge in [0.25, 0.3) is 11.8 Å². The number of rotatable bonds is 5. The maximum absolute atomic E-state index is 13.1. The lowest BCUT2D eigenvalue weighted by molar-refractivity contribution is -0.116. The van der Waals surface area contributed by atoms with E-state index in [1.807, 2.05) is 72.3 Å². The molecule has 0 bridgehead atoms. The SMILES string of the molecule is Cc1cc(-c2nnc(N[C@H]3N=C(c4ccccc4)c4ccccc4NC3=O)o2)n(C2CCOCC2)n1. The molecule has 1 amide bonds. The molecule has 10 heteroatoms. The third-order valence-electron chi connectivity index (χ3n) is 6.29. The Morgan fingerprint density at radius 3 is 2.64 bits per heavy atom. The number of carbonyl (C=O) groups is 1. The Hall–Kier alpha value is -4.31. The molecule has 10 nitrogen and oxygen atoms in total. The summed E-state index contributed by atoms with van der Waals surface area (Å²) in [6, 6.07) is 19.6. The van der Waals surface area contributed by atoms with Crippen molar-refractivity contribution in [3.05, 3.63) is 77.5 Å². The highest BCUT2D eigenvalue weighted by molar-refractivity contribution is 6.19. The molecule has 182 valence electrons. The van der Waals surface area contributed by atoms with Gasteiger partial charge in [0.15, 0.2) is 0 Å². The molecule has 2 N–H and O–H groups in total. The number of amides is 1. The lowest BCUT2D eigenvalue weighted by Crippen LogP contribution is -2.32. The van der Waals surface area contributed by atoms with Gasteiger partial charge >= 0.3 is 6.01 Å². The maximum Gasteiger partial charge on any atom is 0.317 e. The normalized spacial score (nSPS) is 18.2. The standard InChI is InChI=1S/C26H25N7O3/c1-16-15-21(33(32-16)18-11-13-35-14-12-18)25-30-31-26(36-25)29-23-24(34)27-20-10-6-5-9-19(20)22(28-23)17-7-3-2-4-8-17/h2-10,15,18,23H,11-14H2,1H3,(H,27,34)(H,29,31)/t23-/m1/s1.